The topological polar surface area (TPSA) is 26.3 Å². The Morgan fingerprint density at radius 3 is 2.79 bits per heavy atom. The van der Waals surface area contributed by atoms with Crippen LogP contribution in [-0.2, 0) is 4.79 Å². The fourth-order valence-electron chi connectivity index (χ4n) is 0.914. The van der Waals surface area contributed by atoms with Crippen LogP contribution in [0.3, 0.4) is 0 Å². The van der Waals surface area contributed by atoms with Crippen molar-refractivity contribution in [2.24, 2.45) is 0 Å². The summed E-state index contributed by atoms with van der Waals surface area (Å²) in [4.78, 5) is 12.1. The zero-order chi connectivity index (χ0) is 10.6. The zero-order valence-electron chi connectivity index (χ0n) is 8.04. The Hall–Kier alpha value is -0.480. The molecule has 0 aliphatic rings. The quantitative estimate of drug-likeness (QED) is 0.480. The second kappa shape index (κ2) is 5.41. The van der Waals surface area contributed by atoms with Gasteiger partial charge in [-0.05, 0) is 40.4 Å². The largest absolute Gasteiger partial charge is 0.426 e. The maximum Gasteiger partial charge on any atom is 0.310 e. The highest BCUT2D eigenvalue weighted by Gasteiger charge is 2.04. The number of thioether (sulfide) groups is 1. The van der Waals surface area contributed by atoms with E-state index in [9.17, 15) is 4.79 Å². The molecule has 2 nitrogen and oxygen atoms in total. The van der Waals surface area contributed by atoms with Crippen LogP contribution < -0.4 is 4.74 Å². The molecule has 0 atom stereocenters. The highest BCUT2D eigenvalue weighted by atomic mass is 79.9. The third-order valence-electron chi connectivity index (χ3n) is 1.64. The van der Waals surface area contributed by atoms with Gasteiger partial charge in [0.1, 0.15) is 5.75 Å². The number of esters is 1. The van der Waals surface area contributed by atoms with E-state index in [0.717, 1.165) is 9.37 Å². The molecule has 1 aromatic carbocycles. The highest BCUT2D eigenvalue weighted by Crippen LogP contribution is 2.29. The fraction of sp³-hybridized carbons (Fsp3) is 0.300. The van der Waals surface area contributed by atoms with Crippen LogP contribution in [0.2, 0.25) is 0 Å². The lowest BCUT2D eigenvalue weighted by molar-refractivity contribution is -0.134. The molecule has 1 aromatic rings. The Morgan fingerprint density at radius 1 is 1.57 bits per heavy atom. The van der Waals surface area contributed by atoms with Crippen molar-refractivity contribution in [3.8, 4) is 5.75 Å². The van der Waals surface area contributed by atoms with E-state index in [1.54, 1.807) is 30.8 Å². The van der Waals surface area contributed by atoms with Crippen molar-refractivity contribution in [2.75, 3.05) is 6.26 Å². The molecule has 0 aliphatic heterocycles. The predicted octanol–water partition coefficient (Wildman–Crippen LogP) is 3.49. The number of ether oxygens (including phenoxy) is 1. The Bertz CT molecular complexity index is 339. The van der Waals surface area contributed by atoms with Crippen molar-refractivity contribution in [3.05, 3.63) is 22.7 Å². The summed E-state index contributed by atoms with van der Waals surface area (Å²) in [5, 5.41) is 0. The summed E-state index contributed by atoms with van der Waals surface area (Å²) >= 11 is 5.05. The molecule has 14 heavy (non-hydrogen) atoms. The first kappa shape index (κ1) is 11.6. The lowest BCUT2D eigenvalue weighted by atomic mass is 10.3. The second-order valence-electron chi connectivity index (χ2n) is 2.62. The summed E-state index contributed by atoms with van der Waals surface area (Å²) in [7, 11) is 0. The van der Waals surface area contributed by atoms with E-state index in [-0.39, 0.29) is 5.97 Å². The molecule has 4 heteroatoms. The number of halogens is 1. The Kier molecular flexibility index (Phi) is 4.48. The molecule has 1 rings (SSSR count). The number of hydrogen-bond donors (Lipinski definition) is 0. The number of hydrogen-bond acceptors (Lipinski definition) is 3. The molecule has 76 valence electrons. The van der Waals surface area contributed by atoms with Crippen molar-refractivity contribution in [1.82, 2.24) is 0 Å². The number of rotatable bonds is 3. The van der Waals surface area contributed by atoms with E-state index in [0.29, 0.717) is 12.2 Å². The van der Waals surface area contributed by atoms with Gasteiger partial charge in [-0.2, -0.15) is 0 Å². The summed E-state index contributed by atoms with van der Waals surface area (Å²) in [6.45, 7) is 1.77. The molecule has 0 amide bonds. The summed E-state index contributed by atoms with van der Waals surface area (Å²) in [5.74, 6) is 0.371. The summed E-state index contributed by atoms with van der Waals surface area (Å²) < 4.78 is 6.02. The standard InChI is InChI=1S/C10H11BrO2S/c1-3-10(12)13-7-4-5-9(14-2)8(11)6-7/h4-6H,3H2,1-2H3. The van der Waals surface area contributed by atoms with Crippen molar-refractivity contribution in [3.63, 3.8) is 0 Å². The molecule has 0 radical (unpaired) electrons. The van der Waals surface area contributed by atoms with Crippen LogP contribution in [0.25, 0.3) is 0 Å². The minimum atomic E-state index is -0.214. The van der Waals surface area contributed by atoms with Crippen molar-refractivity contribution >= 4 is 33.7 Å². The number of carbonyl (C=O) groups is 1. The van der Waals surface area contributed by atoms with E-state index in [4.69, 9.17) is 4.74 Å². The van der Waals surface area contributed by atoms with E-state index in [1.165, 1.54) is 0 Å². The number of benzene rings is 1. The van der Waals surface area contributed by atoms with Gasteiger partial charge >= 0.3 is 5.97 Å². The third-order valence-corrected chi connectivity index (χ3v) is 3.36. The van der Waals surface area contributed by atoms with Crippen LogP contribution in [0.5, 0.6) is 5.75 Å². The van der Waals surface area contributed by atoms with Crippen molar-refractivity contribution in [1.29, 1.82) is 0 Å². The molecule has 0 spiro atoms. The molecule has 0 aliphatic carbocycles. The van der Waals surface area contributed by atoms with Crippen LogP contribution in [-0.4, -0.2) is 12.2 Å². The van der Waals surface area contributed by atoms with Crippen LogP contribution in [0, 0.1) is 0 Å². The minimum Gasteiger partial charge on any atom is -0.426 e. The van der Waals surface area contributed by atoms with Gasteiger partial charge in [0.15, 0.2) is 0 Å². The molecule has 0 unspecified atom stereocenters. The van der Waals surface area contributed by atoms with Crippen LogP contribution in [0.1, 0.15) is 13.3 Å². The first-order valence-electron chi connectivity index (χ1n) is 4.21. The van der Waals surface area contributed by atoms with Crippen LogP contribution >= 0.6 is 27.7 Å². The van der Waals surface area contributed by atoms with Gasteiger partial charge in [-0.25, -0.2) is 0 Å². The molecule has 0 saturated heterocycles. The van der Waals surface area contributed by atoms with Gasteiger partial charge in [-0.1, -0.05) is 6.92 Å². The molecule has 0 fully saturated rings. The average molecular weight is 275 g/mol. The van der Waals surface area contributed by atoms with E-state index < -0.39 is 0 Å². The molecule has 0 saturated carbocycles. The maximum atomic E-state index is 11.0. The van der Waals surface area contributed by atoms with Crippen LogP contribution in [0.15, 0.2) is 27.6 Å². The van der Waals surface area contributed by atoms with Crippen molar-refractivity contribution < 1.29 is 9.53 Å². The fourth-order valence-corrected chi connectivity index (χ4v) is 2.22. The first-order valence-corrected chi connectivity index (χ1v) is 6.23. The monoisotopic (exact) mass is 274 g/mol. The Balaban J connectivity index is 2.81. The highest BCUT2D eigenvalue weighted by molar-refractivity contribution is 9.10. The average Bonchev–Trinajstić information content (AvgIpc) is 2.18. The maximum absolute atomic E-state index is 11.0. The lowest BCUT2D eigenvalue weighted by Crippen LogP contribution is -2.05. The van der Waals surface area contributed by atoms with E-state index in [1.807, 2.05) is 12.3 Å². The molecular formula is C10H11BrO2S. The molecule has 0 bridgehead atoms. The second-order valence-corrected chi connectivity index (χ2v) is 4.33. The lowest BCUT2D eigenvalue weighted by Gasteiger charge is -2.05. The van der Waals surface area contributed by atoms with Crippen LogP contribution in [0.4, 0.5) is 0 Å². The Morgan fingerprint density at radius 2 is 2.29 bits per heavy atom. The predicted molar refractivity (Wildman–Crippen MR) is 61.8 cm³/mol. The van der Waals surface area contributed by atoms with Gasteiger partial charge < -0.3 is 4.74 Å². The van der Waals surface area contributed by atoms with Gasteiger partial charge in [0.25, 0.3) is 0 Å². The summed E-state index contributed by atoms with van der Waals surface area (Å²) in [6.07, 6.45) is 2.39. The zero-order valence-corrected chi connectivity index (χ0v) is 10.4. The SMILES string of the molecule is CCC(=O)Oc1ccc(SC)c(Br)c1. The van der Waals surface area contributed by atoms with E-state index in [2.05, 4.69) is 15.9 Å². The summed E-state index contributed by atoms with van der Waals surface area (Å²) in [5.41, 5.74) is 0. The minimum absolute atomic E-state index is 0.214. The molecule has 0 N–H and O–H groups in total. The van der Waals surface area contributed by atoms with Crippen molar-refractivity contribution in [2.45, 2.75) is 18.2 Å². The Labute approximate surface area is 96.2 Å². The third kappa shape index (κ3) is 3.03. The van der Waals surface area contributed by atoms with Gasteiger partial charge in [0, 0.05) is 15.8 Å². The van der Waals surface area contributed by atoms with Gasteiger partial charge in [-0.15, -0.1) is 11.8 Å². The number of carbonyl (C=O) groups excluding carboxylic acids is 1. The van der Waals surface area contributed by atoms with E-state index >= 15 is 0 Å². The molecular weight excluding hydrogens is 264 g/mol. The van der Waals surface area contributed by atoms with Gasteiger partial charge in [0.05, 0.1) is 0 Å². The normalized spacial score (nSPS) is 9.93. The molecule has 0 aromatic heterocycles. The smallest absolute Gasteiger partial charge is 0.310 e. The first-order chi connectivity index (χ1) is 6.67. The molecule has 0 heterocycles. The van der Waals surface area contributed by atoms with Gasteiger partial charge in [0.2, 0.25) is 0 Å². The van der Waals surface area contributed by atoms with Gasteiger partial charge in [-0.3, -0.25) is 4.79 Å². The summed E-state index contributed by atoms with van der Waals surface area (Å²) in [6, 6.07) is 5.52.